The number of carbonyl (C=O) groups excluding carboxylic acids is 2. The van der Waals surface area contributed by atoms with E-state index in [1.54, 1.807) is 18.2 Å². The van der Waals surface area contributed by atoms with E-state index in [-0.39, 0.29) is 0 Å². The molecular weight excluding hydrogens is 378 g/mol. The summed E-state index contributed by atoms with van der Waals surface area (Å²) >= 11 is 1.36. The van der Waals surface area contributed by atoms with Crippen molar-refractivity contribution in [1.82, 2.24) is 0 Å². The second-order valence-corrected chi connectivity index (χ2v) is 7.21. The van der Waals surface area contributed by atoms with Crippen LogP contribution in [0.2, 0.25) is 0 Å². The fourth-order valence-corrected chi connectivity index (χ4v) is 3.89. The van der Waals surface area contributed by atoms with E-state index in [4.69, 9.17) is 14.2 Å². The summed E-state index contributed by atoms with van der Waals surface area (Å²) in [7, 11) is 3.05. The molecule has 3 aromatic rings. The number of benzene rings is 2. The van der Waals surface area contributed by atoms with E-state index in [1.807, 2.05) is 31.2 Å². The molecule has 1 amide bonds. The van der Waals surface area contributed by atoms with Crippen LogP contribution in [-0.4, -0.2) is 32.2 Å². The van der Waals surface area contributed by atoms with Crippen molar-refractivity contribution in [2.45, 2.75) is 20.0 Å². The SMILES string of the molecule is COc1ccc(NC(=O)[C@H](C)OC(=O)c2sc3ccccc3c2C)cc1OC. The first-order valence-electron chi connectivity index (χ1n) is 8.66. The molecule has 0 unspecified atom stereocenters. The molecule has 0 radical (unpaired) electrons. The van der Waals surface area contributed by atoms with Crippen molar-refractivity contribution in [3.8, 4) is 11.5 Å². The molecular formula is C21H21NO5S. The largest absolute Gasteiger partial charge is 0.493 e. The van der Waals surface area contributed by atoms with Gasteiger partial charge in [-0.15, -0.1) is 11.3 Å². The Hall–Kier alpha value is -3.06. The standard InChI is InChI=1S/C21H21NO5S/c1-12-15-7-5-6-8-18(15)28-19(12)21(24)27-13(2)20(23)22-14-9-10-16(25-3)17(11-14)26-4/h5-11,13H,1-4H3,(H,22,23)/t13-/m0/s1. The van der Waals surface area contributed by atoms with Gasteiger partial charge in [0.05, 0.1) is 14.2 Å². The highest BCUT2D eigenvalue weighted by Gasteiger charge is 2.23. The first-order valence-corrected chi connectivity index (χ1v) is 9.48. The summed E-state index contributed by atoms with van der Waals surface area (Å²) < 4.78 is 16.8. The second kappa shape index (κ2) is 8.31. The molecule has 3 rings (SSSR count). The van der Waals surface area contributed by atoms with Crippen LogP contribution in [0.3, 0.4) is 0 Å². The van der Waals surface area contributed by atoms with Crippen LogP contribution in [0, 0.1) is 6.92 Å². The van der Waals surface area contributed by atoms with Gasteiger partial charge in [-0.05, 0) is 43.0 Å². The quantitative estimate of drug-likeness (QED) is 0.622. The molecule has 146 valence electrons. The third-order valence-corrected chi connectivity index (χ3v) is 5.59. The number of hydrogen-bond donors (Lipinski definition) is 1. The molecule has 0 aliphatic rings. The number of nitrogens with one attached hydrogen (secondary N) is 1. The van der Waals surface area contributed by atoms with Gasteiger partial charge in [-0.2, -0.15) is 0 Å². The Morgan fingerprint density at radius 1 is 1.04 bits per heavy atom. The normalized spacial score (nSPS) is 11.7. The number of esters is 1. The van der Waals surface area contributed by atoms with Gasteiger partial charge in [0.25, 0.3) is 5.91 Å². The average molecular weight is 399 g/mol. The highest BCUT2D eigenvalue weighted by Crippen LogP contribution is 2.32. The number of ether oxygens (including phenoxy) is 3. The average Bonchev–Trinajstić information content (AvgIpc) is 3.04. The van der Waals surface area contributed by atoms with Crippen LogP contribution in [-0.2, 0) is 9.53 Å². The summed E-state index contributed by atoms with van der Waals surface area (Å²) in [5.41, 5.74) is 1.38. The first kappa shape index (κ1) is 19.7. The van der Waals surface area contributed by atoms with Crippen molar-refractivity contribution in [1.29, 1.82) is 0 Å². The van der Waals surface area contributed by atoms with Gasteiger partial charge >= 0.3 is 5.97 Å². The minimum absolute atomic E-state index is 0.431. The summed E-state index contributed by atoms with van der Waals surface area (Å²) in [5, 5.41) is 3.73. The molecule has 1 N–H and O–H groups in total. The Morgan fingerprint density at radius 3 is 2.43 bits per heavy atom. The van der Waals surface area contributed by atoms with Crippen LogP contribution in [0.15, 0.2) is 42.5 Å². The van der Waals surface area contributed by atoms with Crippen LogP contribution < -0.4 is 14.8 Å². The smallest absolute Gasteiger partial charge is 0.349 e. The van der Waals surface area contributed by atoms with Crippen LogP contribution in [0.1, 0.15) is 22.2 Å². The minimum Gasteiger partial charge on any atom is -0.493 e. The zero-order chi connectivity index (χ0) is 20.3. The summed E-state index contributed by atoms with van der Waals surface area (Å²) in [6.45, 7) is 3.42. The van der Waals surface area contributed by atoms with Crippen LogP contribution in [0.4, 0.5) is 5.69 Å². The van der Waals surface area contributed by atoms with E-state index in [2.05, 4.69) is 5.32 Å². The van der Waals surface area contributed by atoms with Crippen LogP contribution in [0.5, 0.6) is 11.5 Å². The summed E-state index contributed by atoms with van der Waals surface area (Å²) in [6.07, 6.45) is -0.954. The highest BCUT2D eigenvalue weighted by molar-refractivity contribution is 7.21. The molecule has 7 heteroatoms. The maximum absolute atomic E-state index is 12.6. The van der Waals surface area contributed by atoms with Crippen LogP contribution in [0.25, 0.3) is 10.1 Å². The summed E-state index contributed by atoms with van der Waals surface area (Å²) in [5.74, 6) is 0.110. The first-order chi connectivity index (χ1) is 13.4. The van der Waals surface area contributed by atoms with Crippen molar-refractivity contribution in [2.24, 2.45) is 0 Å². The maximum Gasteiger partial charge on any atom is 0.349 e. The van der Waals surface area contributed by atoms with Crippen molar-refractivity contribution < 1.29 is 23.8 Å². The lowest BCUT2D eigenvalue weighted by Crippen LogP contribution is -2.29. The second-order valence-electron chi connectivity index (χ2n) is 6.16. The van der Waals surface area contributed by atoms with Crippen LogP contribution >= 0.6 is 11.3 Å². The Morgan fingerprint density at radius 2 is 1.75 bits per heavy atom. The van der Waals surface area contributed by atoms with Gasteiger partial charge in [0.15, 0.2) is 17.6 Å². The van der Waals surface area contributed by atoms with Gasteiger partial charge in [-0.25, -0.2) is 4.79 Å². The summed E-state index contributed by atoms with van der Waals surface area (Å²) in [4.78, 5) is 25.5. The van der Waals surface area contributed by atoms with Gasteiger partial charge < -0.3 is 19.5 Å². The van der Waals surface area contributed by atoms with Gasteiger partial charge in [0, 0.05) is 16.5 Å². The fraction of sp³-hybridized carbons (Fsp3) is 0.238. The maximum atomic E-state index is 12.6. The molecule has 0 aliphatic carbocycles. The zero-order valence-corrected chi connectivity index (χ0v) is 16.9. The monoisotopic (exact) mass is 399 g/mol. The lowest BCUT2D eigenvalue weighted by Gasteiger charge is -2.14. The lowest BCUT2D eigenvalue weighted by molar-refractivity contribution is -0.123. The Kier molecular flexibility index (Phi) is 5.84. The van der Waals surface area contributed by atoms with E-state index in [0.717, 1.165) is 15.6 Å². The Bertz CT molecular complexity index is 1030. The molecule has 1 atom stereocenters. The number of methoxy groups -OCH3 is 2. The van der Waals surface area contributed by atoms with Crippen molar-refractivity contribution in [3.05, 3.63) is 52.9 Å². The molecule has 2 aromatic carbocycles. The molecule has 28 heavy (non-hydrogen) atoms. The van der Waals surface area contributed by atoms with Gasteiger partial charge in [-0.3, -0.25) is 4.79 Å². The zero-order valence-electron chi connectivity index (χ0n) is 16.1. The topological polar surface area (TPSA) is 73.9 Å². The molecule has 0 bridgehead atoms. The van der Waals surface area contributed by atoms with Gasteiger partial charge in [-0.1, -0.05) is 18.2 Å². The lowest BCUT2D eigenvalue weighted by atomic mass is 10.1. The number of hydrogen-bond acceptors (Lipinski definition) is 6. The molecule has 0 saturated heterocycles. The number of thiophene rings is 1. The highest BCUT2D eigenvalue weighted by atomic mass is 32.1. The number of fused-ring (bicyclic) bond motifs is 1. The fourth-order valence-electron chi connectivity index (χ4n) is 2.79. The van der Waals surface area contributed by atoms with Crippen molar-refractivity contribution in [2.75, 3.05) is 19.5 Å². The van der Waals surface area contributed by atoms with E-state index in [9.17, 15) is 9.59 Å². The third kappa shape index (κ3) is 3.94. The van der Waals surface area contributed by atoms with Crippen molar-refractivity contribution >= 4 is 39.0 Å². The predicted molar refractivity (Wildman–Crippen MR) is 110 cm³/mol. The number of carbonyl (C=O) groups is 2. The third-order valence-electron chi connectivity index (χ3n) is 4.33. The predicted octanol–water partition coefficient (Wildman–Crippen LogP) is 4.41. The molecule has 1 heterocycles. The van der Waals surface area contributed by atoms with Gasteiger partial charge in [0.2, 0.25) is 0 Å². The number of aryl methyl sites for hydroxylation is 1. The number of rotatable bonds is 6. The van der Waals surface area contributed by atoms with E-state index in [1.165, 1.54) is 32.5 Å². The van der Waals surface area contributed by atoms with E-state index < -0.39 is 18.0 Å². The summed E-state index contributed by atoms with van der Waals surface area (Å²) in [6, 6.07) is 12.8. The molecule has 0 fully saturated rings. The Labute approximate surface area is 167 Å². The molecule has 0 saturated carbocycles. The minimum atomic E-state index is -0.954. The molecule has 0 spiro atoms. The molecule has 6 nitrogen and oxygen atoms in total. The number of amides is 1. The van der Waals surface area contributed by atoms with E-state index >= 15 is 0 Å². The van der Waals surface area contributed by atoms with Gasteiger partial charge in [0.1, 0.15) is 4.88 Å². The molecule has 1 aromatic heterocycles. The molecule has 0 aliphatic heterocycles. The van der Waals surface area contributed by atoms with Crippen molar-refractivity contribution in [3.63, 3.8) is 0 Å². The Balaban J connectivity index is 1.70. The van der Waals surface area contributed by atoms with E-state index in [0.29, 0.717) is 22.1 Å². The number of anilines is 1.